The Bertz CT molecular complexity index is 387. The van der Waals surface area contributed by atoms with E-state index in [0.29, 0.717) is 5.03 Å². The van der Waals surface area contributed by atoms with Crippen molar-refractivity contribution in [3.05, 3.63) is 10.7 Å². The van der Waals surface area contributed by atoms with E-state index in [4.69, 9.17) is 23.3 Å². The zero-order valence-corrected chi connectivity index (χ0v) is 14.2. The lowest BCUT2D eigenvalue weighted by atomic mass is 9.96. The minimum atomic E-state index is -0.280. The number of hydrazone groups is 1. The minimum absolute atomic E-state index is 0.0270. The summed E-state index contributed by atoms with van der Waals surface area (Å²) >= 11 is 6.12. The predicted molar refractivity (Wildman–Crippen MR) is 88.5 cm³/mol. The molecule has 0 aliphatic rings. The number of hydrazine groups is 1. The Morgan fingerprint density at radius 2 is 1.80 bits per heavy atom. The van der Waals surface area contributed by atoms with Gasteiger partial charge in [0.1, 0.15) is 6.34 Å². The molecule has 0 aromatic heterocycles. The van der Waals surface area contributed by atoms with Crippen molar-refractivity contribution in [3.8, 4) is 0 Å². The first kappa shape index (κ1) is 18.9. The first-order valence-corrected chi connectivity index (χ1v) is 7.05. The van der Waals surface area contributed by atoms with E-state index >= 15 is 0 Å². The first-order chi connectivity index (χ1) is 8.99. The van der Waals surface area contributed by atoms with Crippen molar-refractivity contribution >= 4 is 24.2 Å². The highest BCUT2D eigenvalue weighted by Gasteiger charge is 2.23. The van der Waals surface area contributed by atoms with Crippen molar-refractivity contribution in [3.63, 3.8) is 0 Å². The Balaban J connectivity index is 4.83. The molecule has 0 spiro atoms. The Labute approximate surface area is 127 Å². The second kappa shape index (κ2) is 7.64. The van der Waals surface area contributed by atoms with Crippen LogP contribution in [0.25, 0.3) is 0 Å². The fourth-order valence-electron chi connectivity index (χ4n) is 1.38. The maximum absolute atomic E-state index is 6.12. The summed E-state index contributed by atoms with van der Waals surface area (Å²) in [5.41, 5.74) is 0.629. The van der Waals surface area contributed by atoms with E-state index in [1.54, 1.807) is 0 Å². The van der Waals surface area contributed by atoms with Crippen molar-refractivity contribution in [1.82, 2.24) is 5.01 Å². The topological polar surface area (TPSA) is 80.0 Å². The van der Waals surface area contributed by atoms with Gasteiger partial charge in [0, 0.05) is 11.2 Å². The molecule has 116 valence electrons. The number of allylic oxidation sites excluding steroid dienone is 2. The highest BCUT2D eigenvalue weighted by atomic mass is 35.5. The van der Waals surface area contributed by atoms with Gasteiger partial charge in [-0.25, -0.2) is 5.84 Å². The summed E-state index contributed by atoms with van der Waals surface area (Å²) in [4.78, 5) is 4.51. The molecule has 0 bridgehead atoms. The average molecular weight is 302 g/mol. The molecule has 0 heterocycles. The first-order valence-electron chi connectivity index (χ1n) is 6.67. The Morgan fingerprint density at radius 1 is 1.25 bits per heavy atom. The molecule has 0 saturated heterocycles. The summed E-state index contributed by atoms with van der Waals surface area (Å²) in [6.45, 7) is 12.2. The standard InChI is InChI=1S/C14H28ClN5/c1-11(15)12(18-9-13(2,3)4)7-8-14(5,6)20(17)10-19-16/h9-10H,7-8,16-17H2,1-6H3/b12-11+,18-9-,19-10-. The van der Waals surface area contributed by atoms with Crippen LogP contribution < -0.4 is 11.7 Å². The van der Waals surface area contributed by atoms with Crippen LogP contribution in [0.2, 0.25) is 0 Å². The second-order valence-corrected chi connectivity index (χ2v) is 7.16. The normalized spacial score (nSPS) is 15.0. The number of rotatable bonds is 6. The average Bonchev–Trinajstić information content (AvgIpc) is 2.27. The molecule has 0 unspecified atom stereocenters. The summed E-state index contributed by atoms with van der Waals surface area (Å²) in [5.74, 6) is 11.0. The van der Waals surface area contributed by atoms with Gasteiger partial charge in [-0.1, -0.05) is 32.4 Å². The van der Waals surface area contributed by atoms with Gasteiger partial charge >= 0.3 is 0 Å². The van der Waals surface area contributed by atoms with Crippen LogP contribution in [0, 0.1) is 5.41 Å². The molecule has 0 aromatic rings. The van der Waals surface area contributed by atoms with E-state index in [9.17, 15) is 0 Å². The van der Waals surface area contributed by atoms with Gasteiger partial charge in [0.25, 0.3) is 0 Å². The third-order valence-corrected chi connectivity index (χ3v) is 3.09. The number of hydrogen-bond acceptors (Lipinski definition) is 4. The van der Waals surface area contributed by atoms with Crippen molar-refractivity contribution in [2.45, 2.75) is 59.9 Å². The van der Waals surface area contributed by atoms with E-state index in [2.05, 4.69) is 30.9 Å². The molecule has 0 aromatic carbocycles. The van der Waals surface area contributed by atoms with Crippen molar-refractivity contribution in [2.24, 2.45) is 27.2 Å². The summed E-state index contributed by atoms with van der Waals surface area (Å²) in [6, 6.07) is 0. The van der Waals surface area contributed by atoms with Crippen LogP contribution in [-0.4, -0.2) is 23.1 Å². The number of aliphatic imine (C=N–C) groups is 1. The van der Waals surface area contributed by atoms with Gasteiger partial charge in [-0.2, -0.15) is 5.10 Å². The third-order valence-electron chi connectivity index (χ3n) is 2.87. The Morgan fingerprint density at radius 3 is 2.20 bits per heavy atom. The third kappa shape index (κ3) is 7.50. The fourth-order valence-corrected chi connectivity index (χ4v) is 1.52. The lowest BCUT2D eigenvalue weighted by Gasteiger charge is -2.33. The van der Waals surface area contributed by atoms with Crippen molar-refractivity contribution in [2.75, 3.05) is 0 Å². The number of nitrogens with zero attached hydrogens (tertiary/aromatic N) is 3. The van der Waals surface area contributed by atoms with Crippen LogP contribution in [0.15, 0.2) is 20.8 Å². The zero-order valence-electron chi connectivity index (χ0n) is 13.4. The summed E-state index contributed by atoms with van der Waals surface area (Å²) < 4.78 is 0. The predicted octanol–water partition coefficient (Wildman–Crippen LogP) is 3.21. The van der Waals surface area contributed by atoms with Gasteiger partial charge in [-0.05, 0) is 39.0 Å². The van der Waals surface area contributed by atoms with Gasteiger partial charge in [-0.15, -0.1) is 0 Å². The van der Waals surface area contributed by atoms with E-state index in [1.165, 1.54) is 11.3 Å². The molecule has 6 heteroatoms. The zero-order chi connectivity index (χ0) is 16.0. The fraction of sp³-hybridized carbons (Fsp3) is 0.714. The molecular formula is C14H28ClN5. The molecule has 0 aliphatic heterocycles. The SMILES string of the molecule is C/C(Cl)=C(CCC(C)(C)N(N)/C=N\N)\N=C/C(C)(C)C. The molecule has 0 saturated carbocycles. The highest BCUT2D eigenvalue weighted by Crippen LogP contribution is 2.24. The van der Waals surface area contributed by atoms with Crippen molar-refractivity contribution in [1.29, 1.82) is 0 Å². The molecule has 0 rings (SSSR count). The molecule has 4 N–H and O–H groups in total. The lowest BCUT2D eigenvalue weighted by molar-refractivity contribution is 0.210. The molecule has 5 nitrogen and oxygen atoms in total. The molecule has 0 aliphatic carbocycles. The van der Waals surface area contributed by atoms with Crippen LogP contribution in [0.3, 0.4) is 0 Å². The lowest BCUT2D eigenvalue weighted by Crippen LogP contribution is -2.48. The van der Waals surface area contributed by atoms with Crippen molar-refractivity contribution < 1.29 is 0 Å². The molecule has 0 radical (unpaired) electrons. The highest BCUT2D eigenvalue weighted by molar-refractivity contribution is 6.29. The maximum Gasteiger partial charge on any atom is 0.125 e. The summed E-state index contributed by atoms with van der Waals surface area (Å²) in [5, 5.41) is 5.65. The van der Waals surface area contributed by atoms with E-state index in [0.717, 1.165) is 18.5 Å². The quantitative estimate of drug-likeness (QED) is 0.342. The molecule has 0 amide bonds. The van der Waals surface area contributed by atoms with E-state index in [-0.39, 0.29) is 11.0 Å². The molecule has 20 heavy (non-hydrogen) atoms. The molecule has 0 atom stereocenters. The Hall–Kier alpha value is -1.07. The smallest absolute Gasteiger partial charge is 0.125 e. The largest absolute Gasteiger partial charge is 0.322 e. The number of hydrogen-bond donors (Lipinski definition) is 2. The summed E-state index contributed by atoms with van der Waals surface area (Å²) in [6.07, 6.45) is 4.86. The minimum Gasteiger partial charge on any atom is -0.322 e. The van der Waals surface area contributed by atoms with Crippen LogP contribution >= 0.6 is 11.6 Å². The number of halogens is 1. The second-order valence-electron chi connectivity index (χ2n) is 6.59. The molecular weight excluding hydrogens is 274 g/mol. The van der Waals surface area contributed by atoms with Crippen LogP contribution in [0.4, 0.5) is 0 Å². The summed E-state index contributed by atoms with van der Waals surface area (Å²) in [7, 11) is 0. The Kier molecular flexibility index (Phi) is 7.23. The van der Waals surface area contributed by atoms with Crippen LogP contribution in [0.1, 0.15) is 54.4 Å². The van der Waals surface area contributed by atoms with Gasteiger partial charge in [0.15, 0.2) is 0 Å². The van der Waals surface area contributed by atoms with Gasteiger partial charge in [-0.3, -0.25) is 10.0 Å². The molecule has 0 fully saturated rings. The monoisotopic (exact) mass is 301 g/mol. The van der Waals surface area contributed by atoms with Crippen LogP contribution in [0.5, 0.6) is 0 Å². The van der Waals surface area contributed by atoms with Crippen LogP contribution in [-0.2, 0) is 0 Å². The number of nitrogens with two attached hydrogens (primary N) is 2. The van der Waals surface area contributed by atoms with E-state index < -0.39 is 0 Å². The van der Waals surface area contributed by atoms with Gasteiger partial charge in [0.2, 0.25) is 0 Å². The maximum atomic E-state index is 6.12. The van der Waals surface area contributed by atoms with Gasteiger partial charge < -0.3 is 5.84 Å². The van der Waals surface area contributed by atoms with E-state index in [1.807, 2.05) is 27.0 Å². The van der Waals surface area contributed by atoms with Gasteiger partial charge in [0.05, 0.1) is 11.2 Å².